The summed E-state index contributed by atoms with van der Waals surface area (Å²) >= 11 is 0. The van der Waals surface area contributed by atoms with Gasteiger partial charge >= 0.3 is 0 Å². The third kappa shape index (κ3) is 2.12. The van der Waals surface area contributed by atoms with E-state index >= 15 is 0 Å². The molecule has 1 heterocycles. The third-order valence-electron chi connectivity index (χ3n) is 4.88. The number of nitrogens with zero attached hydrogens (tertiary/aromatic N) is 1. The topological polar surface area (TPSA) is 46.3 Å². The van der Waals surface area contributed by atoms with Crippen LogP contribution in [0.5, 0.6) is 0 Å². The smallest absolute Gasteiger partial charge is 0.141 e. The van der Waals surface area contributed by atoms with E-state index in [0.717, 1.165) is 46.5 Å². The van der Waals surface area contributed by atoms with Crippen molar-refractivity contribution < 1.29 is 9.63 Å². The maximum Gasteiger partial charge on any atom is 0.141 e. The van der Waals surface area contributed by atoms with Crippen molar-refractivity contribution >= 4 is 0 Å². The molecule has 23 heavy (non-hydrogen) atoms. The molecule has 4 rings (SSSR count). The molecule has 1 atom stereocenters. The van der Waals surface area contributed by atoms with Crippen LogP contribution in [0.1, 0.15) is 34.6 Å². The molecule has 3 heteroatoms. The van der Waals surface area contributed by atoms with Gasteiger partial charge < -0.3 is 9.63 Å². The van der Waals surface area contributed by atoms with Gasteiger partial charge in [0, 0.05) is 5.56 Å². The Kier molecular flexibility index (Phi) is 3.13. The average Bonchev–Trinajstić information content (AvgIpc) is 3.09. The van der Waals surface area contributed by atoms with Crippen LogP contribution in [0, 0.1) is 13.8 Å². The van der Waals surface area contributed by atoms with Crippen LogP contribution in [-0.4, -0.2) is 10.3 Å². The second-order valence-corrected chi connectivity index (χ2v) is 6.30. The van der Waals surface area contributed by atoms with E-state index in [1.807, 2.05) is 44.2 Å². The minimum Gasteiger partial charge on any atom is -0.380 e. The van der Waals surface area contributed by atoms with Gasteiger partial charge in [0.2, 0.25) is 0 Å². The van der Waals surface area contributed by atoms with Crippen molar-refractivity contribution in [2.24, 2.45) is 0 Å². The van der Waals surface area contributed by atoms with E-state index in [9.17, 15) is 5.11 Å². The summed E-state index contributed by atoms with van der Waals surface area (Å²) in [6.45, 7) is 3.87. The molecule has 116 valence electrons. The number of aliphatic hydroxyl groups is 1. The number of rotatable bonds is 2. The van der Waals surface area contributed by atoms with Crippen LogP contribution in [0.15, 0.2) is 53.1 Å². The highest BCUT2D eigenvalue weighted by atomic mass is 16.5. The van der Waals surface area contributed by atoms with Crippen LogP contribution in [0.2, 0.25) is 0 Å². The molecule has 0 amide bonds. The highest BCUT2D eigenvalue weighted by molar-refractivity contribution is 5.70. The van der Waals surface area contributed by atoms with Gasteiger partial charge in [0.1, 0.15) is 11.4 Å². The predicted molar refractivity (Wildman–Crippen MR) is 89.2 cm³/mol. The number of aryl methyl sites for hydroxylation is 3. The number of hydrogen-bond donors (Lipinski definition) is 1. The lowest BCUT2D eigenvalue weighted by Gasteiger charge is -2.25. The van der Waals surface area contributed by atoms with Gasteiger partial charge in [-0.25, -0.2) is 0 Å². The first-order valence-electron chi connectivity index (χ1n) is 7.94. The van der Waals surface area contributed by atoms with Crippen LogP contribution in [0.25, 0.3) is 11.1 Å². The highest BCUT2D eigenvalue weighted by Gasteiger charge is 2.38. The zero-order chi connectivity index (χ0) is 16.0. The summed E-state index contributed by atoms with van der Waals surface area (Å²) in [4.78, 5) is 0. The summed E-state index contributed by atoms with van der Waals surface area (Å²) in [5.74, 6) is 0.809. The monoisotopic (exact) mass is 305 g/mol. The van der Waals surface area contributed by atoms with Gasteiger partial charge in [-0.05, 0) is 55.0 Å². The summed E-state index contributed by atoms with van der Waals surface area (Å²) in [6, 6.07) is 16.2. The quantitative estimate of drug-likeness (QED) is 0.774. The fraction of sp³-hybridized carbons (Fsp3) is 0.250. The fourth-order valence-corrected chi connectivity index (χ4v) is 3.69. The minimum atomic E-state index is -0.911. The van der Waals surface area contributed by atoms with E-state index in [-0.39, 0.29) is 0 Å². The molecule has 0 saturated carbocycles. The van der Waals surface area contributed by atoms with Crippen molar-refractivity contribution in [1.82, 2.24) is 5.16 Å². The molecule has 1 N–H and O–H groups in total. The second-order valence-electron chi connectivity index (χ2n) is 6.30. The van der Waals surface area contributed by atoms with Crippen molar-refractivity contribution in [3.05, 3.63) is 76.7 Å². The summed E-state index contributed by atoms with van der Waals surface area (Å²) < 4.78 is 5.29. The largest absolute Gasteiger partial charge is 0.380 e. The first kappa shape index (κ1) is 14.2. The van der Waals surface area contributed by atoms with Crippen LogP contribution in [0.4, 0.5) is 0 Å². The highest BCUT2D eigenvalue weighted by Crippen LogP contribution is 2.43. The average molecular weight is 305 g/mol. The Morgan fingerprint density at radius 2 is 1.87 bits per heavy atom. The van der Waals surface area contributed by atoms with E-state index < -0.39 is 5.60 Å². The molecule has 1 aliphatic rings. The Balaban J connectivity index is 1.88. The van der Waals surface area contributed by atoms with Crippen LogP contribution >= 0.6 is 0 Å². The second kappa shape index (κ2) is 5.07. The summed E-state index contributed by atoms with van der Waals surface area (Å²) in [7, 11) is 0. The van der Waals surface area contributed by atoms with E-state index in [2.05, 4.69) is 23.4 Å². The molecular formula is C20H19NO2. The van der Waals surface area contributed by atoms with Gasteiger partial charge in [0.15, 0.2) is 0 Å². The number of aromatic nitrogens is 1. The molecule has 1 aromatic heterocycles. The van der Waals surface area contributed by atoms with Gasteiger partial charge in [0.05, 0.1) is 5.69 Å². The number of hydrogen-bond acceptors (Lipinski definition) is 3. The van der Waals surface area contributed by atoms with Crippen molar-refractivity contribution in [3.63, 3.8) is 0 Å². The molecule has 0 bridgehead atoms. The zero-order valence-electron chi connectivity index (χ0n) is 13.3. The van der Waals surface area contributed by atoms with Gasteiger partial charge in [-0.1, -0.05) is 47.6 Å². The summed E-state index contributed by atoms with van der Waals surface area (Å²) in [5.41, 5.74) is 5.21. The lowest BCUT2D eigenvalue weighted by Crippen LogP contribution is -2.23. The van der Waals surface area contributed by atoms with E-state index in [0.29, 0.717) is 0 Å². The first-order valence-corrected chi connectivity index (χ1v) is 7.94. The molecule has 0 spiro atoms. The SMILES string of the molecule is Cc1noc(C)c1-c1ccc2c(c1)[C@](O)(c1ccccc1)CC2. The van der Waals surface area contributed by atoms with Crippen LogP contribution < -0.4 is 0 Å². The normalized spacial score (nSPS) is 19.8. The Morgan fingerprint density at radius 3 is 2.57 bits per heavy atom. The lowest BCUT2D eigenvalue weighted by molar-refractivity contribution is 0.0830. The van der Waals surface area contributed by atoms with Gasteiger partial charge in [-0.15, -0.1) is 0 Å². The first-order chi connectivity index (χ1) is 11.1. The van der Waals surface area contributed by atoms with E-state index in [1.165, 1.54) is 5.56 Å². The van der Waals surface area contributed by atoms with E-state index in [4.69, 9.17) is 4.52 Å². The molecule has 3 nitrogen and oxygen atoms in total. The standard InChI is InChI=1S/C20H19NO2/c1-13-19(14(2)23-21-13)16-9-8-15-10-11-20(22,18(15)12-16)17-6-4-3-5-7-17/h3-9,12,22H,10-11H2,1-2H3/t20-/m1/s1. The molecule has 3 aromatic rings. The Hall–Kier alpha value is -2.39. The van der Waals surface area contributed by atoms with Crippen molar-refractivity contribution in [1.29, 1.82) is 0 Å². The van der Waals surface area contributed by atoms with Crippen molar-refractivity contribution in [2.45, 2.75) is 32.3 Å². The minimum absolute atomic E-state index is 0.720. The maximum absolute atomic E-state index is 11.3. The third-order valence-corrected chi connectivity index (χ3v) is 4.88. The number of fused-ring (bicyclic) bond motifs is 1. The molecule has 0 saturated heterocycles. The number of benzene rings is 2. The molecule has 2 aromatic carbocycles. The van der Waals surface area contributed by atoms with Crippen molar-refractivity contribution in [2.75, 3.05) is 0 Å². The summed E-state index contributed by atoms with van der Waals surface area (Å²) in [5, 5.41) is 15.4. The van der Waals surface area contributed by atoms with Gasteiger partial charge in [-0.3, -0.25) is 0 Å². The predicted octanol–water partition coefficient (Wildman–Crippen LogP) is 4.14. The van der Waals surface area contributed by atoms with E-state index in [1.54, 1.807) is 0 Å². The molecule has 0 fully saturated rings. The molecule has 0 unspecified atom stereocenters. The van der Waals surface area contributed by atoms with Crippen LogP contribution in [-0.2, 0) is 12.0 Å². The van der Waals surface area contributed by atoms with Gasteiger partial charge in [0.25, 0.3) is 0 Å². The zero-order valence-corrected chi connectivity index (χ0v) is 13.3. The summed E-state index contributed by atoms with van der Waals surface area (Å²) in [6.07, 6.45) is 1.61. The Morgan fingerprint density at radius 1 is 1.09 bits per heavy atom. The molecular weight excluding hydrogens is 286 g/mol. The molecule has 0 radical (unpaired) electrons. The fourth-order valence-electron chi connectivity index (χ4n) is 3.69. The Labute approximate surface area is 135 Å². The maximum atomic E-state index is 11.3. The van der Waals surface area contributed by atoms with Crippen LogP contribution in [0.3, 0.4) is 0 Å². The Bertz CT molecular complexity index is 847. The van der Waals surface area contributed by atoms with Crippen molar-refractivity contribution in [3.8, 4) is 11.1 Å². The molecule has 1 aliphatic carbocycles. The van der Waals surface area contributed by atoms with Gasteiger partial charge in [-0.2, -0.15) is 0 Å². The molecule has 0 aliphatic heterocycles. The lowest BCUT2D eigenvalue weighted by atomic mass is 9.86.